The summed E-state index contributed by atoms with van der Waals surface area (Å²) in [5.74, 6) is 2.46. The summed E-state index contributed by atoms with van der Waals surface area (Å²) in [6, 6.07) is 0. The summed E-state index contributed by atoms with van der Waals surface area (Å²) in [6.07, 6.45) is 2.87. The van der Waals surface area contributed by atoms with Crippen LogP contribution in [0.15, 0.2) is 0 Å². The minimum absolute atomic E-state index is 0.00447. The first-order valence-corrected chi connectivity index (χ1v) is 8.88. The molecule has 1 aromatic rings. The van der Waals surface area contributed by atoms with Gasteiger partial charge in [-0.3, -0.25) is 4.90 Å². The Morgan fingerprint density at radius 3 is 2.52 bits per heavy atom. The van der Waals surface area contributed by atoms with Crippen molar-refractivity contribution in [3.63, 3.8) is 0 Å². The topological polar surface area (TPSA) is 63.4 Å². The van der Waals surface area contributed by atoms with Crippen molar-refractivity contribution in [1.29, 1.82) is 0 Å². The van der Waals surface area contributed by atoms with Crippen LogP contribution in [0.4, 0.5) is 0 Å². The van der Waals surface area contributed by atoms with E-state index in [-0.39, 0.29) is 17.6 Å². The largest absolute Gasteiger partial charge is 0.392 e. The summed E-state index contributed by atoms with van der Waals surface area (Å²) in [5.41, 5.74) is -0.00447. The minimum Gasteiger partial charge on any atom is -0.392 e. The van der Waals surface area contributed by atoms with Gasteiger partial charge in [0.2, 0.25) is 0 Å². The second kappa shape index (κ2) is 6.49. The van der Waals surface area contributed by atoms with E-state index >= 15 is 0 Å². The average Bonchev–Trinajstić information content (AvgIpc) is 2.89. The lowest BCUT2D eigenvalue weighted by Crippen LogP contribution is -2.62. The van der Waals surface area contributed by atoms with Crippen LogP contribution >= 0.6 is 0 Å². The minimum atomic E-state index is -0.191. The number of aliphatic hydroxyl groups excluding tert-OH is 1. The maximum atomic E-state index is 10.3. The van der Waals surface area contributed by atoms with Crippen LogP contribution in [0, 0.1) is 5.41 Å². The third-order valence-corrected chi connectivity index (χ3v) is 5.78. The molecule has 1 spiro atoms. The van der Waals surface area contributed by atoms with Gasteiger partial charge in [-0.25, -0.2) is 0 Å². The fraction of sp³-hybridized carbons (Fsp3) is 0.882. The first kappa shape index (κ1) is 16.9. The molecule has 2 atom stereocenters. The Morgan fingerprint density at radius 1 is 1.30 bits per heavy atom. The molecule has 2 unspecified atom stereocenters. The fourth-order valence-corrected chi connectivity index (χ4v) is 4.16. The van der Waals surface area contributed by atoms with E-state index in [2.05, 4.69) is 40.6 Å². The molecule has 2 aliphatic rings. The van der Waals surface area contributed by atoms with Gasteiger partial charge in [0.15, 0.2) is 0 Å². The molecule has 2 heterocycles. The van der Waals surface area contributed by atoms with Crippen LogP contribution < -0.4 is 0 Å². The zero-order valence-electron chi connectivity index (χ0n) is 14.8. The molecule has 1 aliphatic carbocycles. The van der Waals surface area contributed by atoms with E-state index in [0.717, 1.165) is 57.2 Å². The molecule has 23 heavy (non-hydrogen) atoms. The lowest BCUT2D eigenvalue weighted by atomic mass is 9.58. The van der Waals surface area contributed by atoms with Gasteiger partial charge < -0.3 is 14.4 Å². The third-order valence-electron chi connectivity index (χ3n) is 5.78. The number of likely N-dealkylation sites (tertiary alicyclic amines) is 1. The van der Waals surface area contributed by atoms with E-state index in [4.69, 9.17) is 4.74 Å². The Labute approximate surface area is 138 Å². The van der Waals surface area contributed by atoms with Crippen LogP contribution in [0.25, 0.3) is 0 Å². The van der Waals surface area contributed by atoms with Crippen LogP contribution in [-0.4, -0.2) is 56.7 Å². The first-order chi connectivity index (χ1) is 11.0. The van der Waals surface area contributed by atoms with E-state index in [1.54, 1.807) is 0 Å². The van der Waals surface area contributed by atoms with E-state index in [1.165, 1.54) is 0 Å². The Balaban J connectivity index is 1.59. The van der Waals surface area contributed by atoms with Gasteiger partial charge in [0.25, 0.3) is 0 Å². The molecule has 0 amide bonds. The summed E-state index contributed by atoms with van der Waals surface area (Å²) in [4.78, 5) is 2.42. The number of piperidine rings is 1. The third kappa shape index (κ3) is 2.92. The highest BCUT2D eigenvalue weighted by Crippen LogP contribution is 2.51. The van der Waals surface area contributed by atoms with E-state index in [9.17, 15) is 5.11 Å². The maximum absolute atomic E-state index is 10.3. The van der Waals surface area contributed by atoms with Gasteiger partial charge in [0.05, 0.1) is 18.8 Å². The highest BCUT2D eigenvalue weighted by Gasteiger charge is 2.55. The summed E-state index contributed by atoms with van der Waals surface area (Å²) in [6.45, 7) is 9.87. The molecule has 6 nitrogen and oxygen atoms in total. The van der Waals surface area contributed by atoms with Crippen molar-refractivity contribution in [3.05, 3.63) is 11.6 Å². The Morgan fingerprint density at radius 2 is 2.00 bits per heavy atom. The first-order valence-electron chi connectivity index (χ1n) is 8.88. The zero-order chi connectivity index (χ0) is 16.6. The molecule has 6 heteroatoms. The molecule has 0 radical (unpaired) electrons. The molecule has 1 saturated heterocycles. The summed E-state index contributed by atoms with van der Waals surface area (Å²) >= 11 is 0. The van der Waals surface area contributed by atoms with Crippen LogP contribution in [0.2, 0.25) is 0 Å². The Hall–Kier alpha value is -0.980. The number of hydrogen-bond donors (Lipinski definition) is 1. The van der Waals surface area contributed by atoms with Crippen LogP contribution in [0.1, 0.15) is 57.6 Å². The van der Waals surface area contributed by atoms with Gasteiger partial charge in [0.1, 0.15) is 11.6 Å². The summed E-state index contributed by atoms with van der Waals surface area (Å²) in [7, 11) is 2.05. The molecule has 0 bridgehead atoms. The van der Waals surface area contributed by atoms with Crippen molar-refractivity contribution in [1.82, 2.24) is 19.7 Å². The molecule has 2 fully saturated rings. The SMILES string of the molecule is CCOC1CC(O)C12CCN(Cc1nnc(C(C)C)n1C)CC2. The predicted molar refractivity (Wildman–Crippen MR) is 88.1 cm³/mol. The van der Waals surface area contributed by atoms with Gasteiger partial charge in [-0.15, -0.1) is 10.2 Å². The fourth-order valence-electron chi connectivity index (χ4n) is 4.16. The van der Waals surface area contributed by atoms with E-state index < -0.39 is 0 Å². The average molecular weight is 322 g/mol. The van der Waals surface area contributed by atoms with E-state index in [0.29, 0.717) is 5.92 Å². The number of rotatable bonds is 5. The molecule has 130 valence electrons. The predicted octanol–water partition coefficient (Wildman–Crippen LogP) is 1.69. The second-order valence-electron chi connectivity index (χ2n) is 7.39. The molecule has 0 aromatic carbocycles. The van der Waals surface area contributed by atoms with Crippen molar-refractivity contribution in [2.45, 2.75) is 64.7 Å². The van der Waals surface area contributed by atoms with Gasteiger partial charge in [-0.05, 0) is 32.9 Å². The standard InChI is InChI=1S/C17H30N4O2/c1-5-23-14-10-13(22)17(14)6-8-21(9-7-17)11-15-18-19-16(12(2)3)20(15)4/h12-14,22H,5-11H2,1-4H3. The smallest absolute Gasteiger partial charge is 0.146 e. The molecule has 1 aliphatic heterocycles. The number of hydrogen-bond acceptors (Lipinski definition) is 5. The second-order valence-corrected chi connectivity index (χ2v) is 7.39. The summed E-state index contributed by atoms with van der Waals surface area (Å²) < 4.78 is 7.96. The van der Waals surface area contributed by atoms with Crippen LogP contribution in [0.5, 0.6) is 0 Å². The molecular formula is C17H30N4O2. The molecule has 1 N–H and O–H groups in total. The Kier molecular flexibility index (Phi) is 4.76. The number of aliphatic hydroxyl groups is 1. The zero-order valence-corrected chi connectivity index (χ0v) is 14.8. The number of nitrogens with zero attached hydrogens (tertiary/aromatic N) is 4. The monoisotopic (exact) mass is 322 g/mol. The van der Waals surface area contributed by atoms with Crippen molar-refractivity contribution < 1.29 is 9.84 Å². The van der Waals surface area contributed by atoms with Gasteiger partial charge in [-0.1, -0.05) is 13.8 Å². The van der Waals surface area contributed by atoms with Crippen LogP contribution in [0.3, 0.4) is 0 Å². The van der Waals surface area contributed by atoms with Crippen molar-refractivity contribution in [2.75, 3.05) is 19.7 Å². The normalized spacial score (nSPS) is 27.6. The Bertz CT molecular complexity index is 533. The highest BCUT2D eigenvalue weighted by atomic mass is 16.5. The lowest BCUT2D eigenvalue weighted by Gasteiger charge is -2.56. The molecule has 3 rings (SSSR count). The maximum Gasteiger partial charge on any atom is 0.146 e. The highest BCUT2D eigenvalue weighted by molar-refractivity contribution is 5.07. The van der Waals surface area contributed by atoms with Gasteiger partial charge in [0, 0.05) is 31.4 Å². The summed E-state index contributed by atoms with van der Waals surface area (Å²) in [5, 5.41) is 18.9. The molecule has 1 aromatic heterocycles. The number of aromatic nitrogens is 3. The van der Waals surface area contributed by atoms with Crippen LogP contribution in [-0.2, 0) is 18.3 Å². The van der Waals surface area contributed by atoms with E-state index in [1.807, 2.05) is 6.92 Å². The lowest BCUT2D eigenvalue weighted by molar-refractivity contribution is -0.210. The quantitative estimate of drug-likeness (QED) is 0.894. The molecular weight excluding hydrogens is 292 g/mol. The van der Waals surface area contributed by atoms with Crippen molar-refractivity contribution in [3.8, 4) is 0 Å². The molecule has 1 saturated carbocycles. The van der Waals surface area contributed by atoms with Gasteiger partial charge >= 0.3 is 0 Å². The van der Waals surface area contributed by atoms with Crippen molar-refractivity contribution in [2.24, 2.45) is 12.5 Å². The van der Waals surface area contributed by atoms with Crippen molar-refractivity contribution >= 4 is 0 Å². The number of ether oxygens (including phenoxy) is 1. The van der Waals surface area contributed by atoms with Gasteiger partial charge in [-0.2, -0.15) is 0 Å².